The summed E-state index contributed by atoms with van der Waals surface area (Å²) in [4.78, 5) is 12.5. The molecule has 0 radical (unpaired) electrons. The van der Waals surface area contributed by atoms with Crippen LogP contribution in [0.2, 0.25) is 0 Å². The molecule has 0 fully saturated rings. The number of fused-ring (bicyclic) bond motifs is 1. The molecule has 0 bridgehead atoms. The SMILES string of the molecule is COc1cccc(OC)c1OCn1ccc(C(=O)Nc2ccc3c(c2)OCCO3)n1. The molecule has 1 N–H and O–H groups in total. The number of methoxy groups -OCH3 is 2. The lowest BCUT2D eigenvalue weighted by Crippen LogP contribution is -2.17. The fourth-order valence-corrected chi connectivity index (χ4v) is 2.96. The number of anilines is 1. The number of nitrogens with zero attached hydrogens (tertiary/aromatic N) is 2. The number of para-hydroxylation sites is 1. The Labute approximate surface area is 173 Å². The number of amides is 1. The number of benzene rings is 2. The average molecular weight is 411 g/mol. The molecule has 1 aromatic heterocycles. The highest BCUT2D eigenvalue weighted by atomic mass is 16.6. The first kappa shape index (κ1) is 19.4. The van der Waals surface area contributed by atoms with Crippen molar-refractivity contribution in [2.75, 3.05) is 32.8 Å². The van der Waals surface area contributed by atoms with Gasteiger partial charge in [-0.15, -0.1) is 0 Å². The number of rotatable bonds is 7. The quantitative estimate of drug-likeness (QED) is 0.639. The predicted molar refractivity (Wildman–Crippen MR) is 108 cm³/mol. The zero-order valence-electron chi connectivity index (χ0n) is 16.6. The fraction of sp³-hybridized carbons (Fsp3) is 0.238. The van der Waals surface area contributed by atoms with E-state index >= 15 is 0 Å². The van der Waals surface area contributed by atoms with E-state index in [2.05, 4.69) is 10.4 Å². The van der Waals surface area contributed by atoms with Gasteiger partial charge in [0.1, 0.15) is 13.2 Å². The molecule has 2 heterocycles. The van der Waals surface area contributed by atoms with Gasteiger partial charge in [-0.2, -0.15) is 5.10 Å². The molecule has 156 valence electrons. The zero-order valence-corrected chi connectivity index (χ0v) is 16.6. The van der Waals surface area contributed by atoms with Gasteiger partial charge in [-0.05, 0) is 30.3 Å². The van der Waals surface area contributed by atoms with Crippen LogP contribution in [0.15, 0.2) is 48.7 Å². The Morgan fingerprint density at radius 2 is 1.80 bits per heavy atom. The zero-order chi connectivity index (χ0) is 20.9. The maximum absolute atomic E-state index is 12.5. The summed E-state index contributed by atoms with van der Waals surface area (Å²) in [5, 5.41) is 7.06. The van der Waals surface area contributed by atoms with Crippen LogP contribution in [0.3, 0.4) is 0 Å². The van der Waals surface area contributed by atoms with Gasteiger partial charge in [0.15, 0.2) is 35.4 Å². The van der Waals surface area contributed by atoms with Gasteiger partial charge >= 0.3 is 0 Å². The molecular weight excluding hydrogens is 390 g/mol. The lowest BCUT2D eigenvalue weighted by molar-refractivity contribution is 0.102. The molecule has 30 heavy (non-hydrogen) atoms. The number of hydrogen-bond donors (Lipinski definition) is 1. The third-order valence-corrected chi connectivity index (χ3v) is 4.40. The monoisotopic (exact) mass is 411 g/mol. The van der Waals surface area contributed by atoms with Crippen molar-refractivity contribution in [2.45, 2.75) is 6.73 Å². The van der Waals surface area contributed by atoms with Gasteiger partial charge in [0, 0.05) is 18.0 Å². The van der Waals surface area contributed by atoms with Crippen LogP contribution in [0.5, 0.6) is 28.7 Å². The molecule has 9 nitrogen and oxygen atoms in total. The van der Waals surface area contributed by atoms with Gasteiger partial charge in [0.2, 0.25) is 5.75 Å². The van der Waals surface area contributed by atoms with E-state index in [9.17, 15) is 4.79 Å². The summed E-state index contributed by atoms with van der Waals surface area (Å²) in [6.45, 7) is 1.07. The van der Waals surface area contributed by atoms with Crippen LogP contribution in [-0.4, -0.2) is 43.1 Å². The number of carbonyl (C=O) groups is 1. The van der Waals surface area contributed by atoms with Crippen molar-refractivity contribution >= 4 is 11.6 Å². The third-order valence-electron chi connectivity index (χ3n) is 4.40. The maximum Gasteiger partial charge on any atom is 0.276 e. The molecule has 0 spiro atoms. The number of hydrogen-bond acceptors (Lipinski definition) is 7. The Hall–Kier alpha value is -3.88. The Balaban J connectivity index is 1.41. The van der Waals surface area contributed by atoms with E-state index in [4.69, 9.17) is 23.7 Å². The van der Waals surface area contributed by atoms with Crippen LogP contribution in [0.25, 0.3) is 0 Å². The van der Waals surface area contributed by atoms with Crippen molar-refractivity contribution in [2.24, 2.45) is 0 Å². The van der Waals surface area contributed by atoms with E-state index in [1.54, 1.807) is 62.9 Å². The van der Waals surface area contributed by atoms with Crippen molar-refractivity contribution in [1.82, 2.24) is 9.78 Å². The van der Waals surface area contributed by atoms with E-state index in [1.165, 1.54) is 4.68 Å². The van der Waals surface area contributed by atoms with Gasteiger partial charge in [-0.1, -0.05) is 6.07 Å². The van der Waals surface area contributed by atoms with Crippen molar-refractivity contribution in [3.05, 3.63) is 54.4 Å². The van der Waals surface area contributed by atoms with Gasteiger partial charge in [-0.3, -0.25) is 4.79 Å². The second-order valence-corrected chi connectivity index (χ2v) is 6.32. The summed E-state index contributed by atoms with van der Waals surface area (Å²) < 4.78 is 28.9. The third kappa shape index (κ3) is 4.09. The summed E-state index contributed by atoms with van der Waals surface area (Å²) in [6.07, 6.45) is 1.65. The lowest BCUT2D eigenvalue weighted by atomic mass is 10.2. The standard InChI is InChI=1S/C21H21N3O6/c1-26-17-4-3-5-18(27-2)20(17)30-13-24-9-8-15(23-24)21(25)22-14-6-7-16-19(12-14)29-11-10-28-16/h3-9,12H,10-11,13H2,1-2H3,(H,22,25). The number of ether oxygens (including phenoxy) is 5. The summed E-state index contributed by atoms with van der Waals surface area (Å²) in [6, 6.07) is 12.2. The van der Waals surface area contributed by atoms with E-state index in [0.717, 1.165) is 0 Å². The first-order valence-electron chi connectivity index (χ1n) is 9.26. The molecule has 1 amide bonds. The molecule has 1 aliphatic heterocycles. The number of aromatic nitrogens is 2. The fourth-order valence-electron chi connectivity index (χ4n) is 2.96. The molecule has 3 aromatic rings. The van der Waals surface area contributed by atoms with Gasteiger partial charge in [0.25, 0.3) is 5.91 Å². The van der Waals surface area contributed by atoms with Crippen LogP contribution in [0, 0.1) is 0 Å². The van der Waals surface area contributed by atoms with Crippen molar-refractivity contribution in [3.63, 3.8) is 0 Å². The Morgan fingerprint density at radius 3 is 2.53 bits per heavy atom. The maximum atomic E-state index is 12.5. The molecule has 9 heteroatoms. The van der Waals surface area contributed by atoms with Crippen molar-refractivity contribution < 1.29 is 28.5 Å². The van der Waals surface area contributed by atoms with Crippen LogP contribution < -0.4 is 29.0 Å². The molecule has 0 aliphatic carbocycles. The second kappa shape index (κ2) is 8.64. The summed E-state index contributed by atoms with van der Waals surface area (Å²) in [5.74, 6) is 2.45. The van der Waals surface area contributed by atoms with Crippen LogP contribution in [-0.2, 0) is 6.73 Å². The summed E-state index contributed by atoms with van der Waals surface area (Å²) >= 11 is 0. The molecule has 0 atom stereocenters. The first-order chi connectivity index (χ1) is 14.7. The predicted octanol–water partition coefficient (Wildman–Crippen LogP) is 2.96. The van der Waals surface area contributed by atoms with E-state index in [0.29, 0.717) is 47.6 Å². The molecular formula is C21H21N3O6. The minimum atomic E-state index is -0.347. The van der Waals surface area contributed by atoms with Gasteiger partial charge in [-0.25, -0.2) is 4.68 Å². The largest absolute Gasteiger partial charge is 0.493 e. The highest BCUT2D eigenvalue weighted by molar-refractivity contribution is 6.02. The van der Waals surface area contributed by atoms with Crippen LogP contribution in [0.1, 0.15) is 10.5 Å². The Kier molecular flexibility index (Phi) is 5.60. The molecule has 2 aromatic carbocycles. The smallest absolute Gasteiger partial charge is 0.276 e. The second-order valence-electron chi connectivity index (χ2n) is 6.32. The molecule has 1 aliphatic rings. The molecule has 0 saturated heterocycles. The van der Waals surface area contributed by atoms with Crippen LogP contribution >= 0.6 is 0 Å². The number of carbonyl (C=O) groups excluding carboxylic acids is 1. The van der Waals surface area contributed by atoms with Crippen molar-refractivity contribution in [3.8, 4) is 28.7 Å². The number of nitrogens with one attached hydrogen (secondary N) is 1. The molecule has 0 saturated carbocycles. The van der Waals surface area contributed by atoms with E-state index < -0.39 is 0 Å². The highest BCUT2D eigenvalue weighted by Gasteiger charge is 2.16. The minimum absolute atomic E-state index is 0.0774. The van der Waals surface area contributed by atoms with Gasteiger partial charge in [0.05, 0.1) is 14.2 Å². The van der Waals surface area contributed by atoms with E-state index in [-0.39, 0.29) is 18.3 Å². The summed E-state index contributed by atoms with van der Waals surface area (Å²) in [7, 11) is 3.10. The first-order valence-corrected chi connectivity index (χ1v) is 9.26. The lowest BCUT2D eigenvalue weighted by Gasteiger charge is -2.18. The van der Waals surface area contributed by atoms with Gasteiger partial charge < -0.3 is 29.0 Å². The van der Waals surface area contributed by atoms with Crippen molar-refractivity contribution in [1.29, 1.82) is 0 Å². The topological polar surface area (TPSA) is 93.1 Å². The van der Waals surface area contributed by atoms with Crippen LogP contribution in [0.4, 0.5) is 5.69 Å². The Morgan fingerprint density at radius 1 is 1.07 bits per heavy atom. The highest BCUT2D eigenvalue weighted by Crippen LogP contribution is 2.37. The summed E-state index contributed by atoms with van der Waals surface area (Å²) in [5.41, 5.74) is 0.842. The average Bonchev–Trinajstić information content (AvgIpc) is 3.26. The molecule has 4 rings (SSSR count). The molecule has 0 unspecified atom stereocenters. The Bertz CT molecular complexity index is 1030. The van der Waals surface area contributed by atoms with E-state index in [1.807, 2.05) is 0 Å². The minimum Gasteiger partial charge on any atom is -0.493 e. The normalized spacial score (nSPS) is 12.2.